The standard InChI is InChI=1S/C19H29NO6/c1-13(26-12-15-6-4-5-9-25-15)19(22)20-11-17(21)16-10-14(23-2)7-8-18(16)24-3/h7-8,10,13,15,17,21H,4-6,9,11-12H2,1-3H3,(H,20,22). The summed E-state index contributed by atoms with van der Waals surface area (Å²) in [4.78, 5) is 12.2. The number of amides is 1. The summed E-state index contributed by atoms with van der Waals surface area (Å²) in [5, 5.41) is 13.1. The molecule has 0 aromatic heterocycles. The van der Waals surface area contributed by atoms with Crippen molar-refractivity contribution < 1.29 is 28.8 Å². The van der Waals surface area contributed by atoms with Gasteiger partial charge in [-0.1, -0.05) is 0 Å². The van der Waals surface area contributed by atoms with Gasteiger partial charge >= 0.3 is 0 Å². The Morgan fingerprint density at radius 3 is 2.81 bits per heavy atom. The van der Waals surface area contributed by atoms with Crippen molar-refractivity contribution >= 4 is 5.91 Å². The first kappa shape index (κ1) is 20.5. The molecule has 1 amide bonds. The number of hydrogen-bond acceptors (Lipinski definition) is 6. The Hall–Kier alpha value is -1.83. The summed E-state index contributed by atoms with van der Waals surface area (Å²) in [5.74, 6) is 0.864. The summed E-state index contributed by atoms with van der Waals surface area (Å²) < 4.78 is 21.6. The quantitative estimate of drug-likeness (QED) is 0.693. The van der Waals surface area contributed by atoms with E-state index in [1.165, 1.54) is 7.11 Å². The first-order chi connectivity index (χ1) is 12.5. The molecule has 1 fully saturated rings. The molecule has 1 aromatic carbocycles. The maximum absolute atomic E-state index is 12.2. The van der Waals surface area contributed by atoms with Crippen LogP contribution in [0.1, 0.15) is 37.9 Å². The molecule has 1 aromatic rings. The van der Waals surface area contributed by atoms with E-state index in [9.17, 15) is 9.90 Å². The molecule has 0 aliphatic carbocycles. The predicted octanol–water partition coefficient (Wildman–Crippen LogP) is 1.83. The summed E-state index contributed by atoms with van der Waals surface area (Å²) in [6, 6.07) is 5.15. The third kappa shape index (κ3) is 5.86. The van der Waals surface area contributed by atoms with E-state index < -0.39 is 12.2 Å². The number of rotatable bonds is 9. The third-order valence-electron chi connectivity index (χ3n) is 4.44. The van der Waals surface area contributed by atoms with Crippen LogP contribution < -0.4 is 14.8 Å². The van der Waals surface area contributed by atoms with E-state index in [-0.39, 0.29) is 18.6 Å². The van der Waals surface area contributed by atoms with Gasteiger partial charge in [-0.15, -0.1) is 0 Å². The Morgan fingerprint density at radius 2 is 2.15 bits per heavy atom. The minimum Gasteiger partial charge on any atom is -0.497 e. The first-order valence-electron chi connectivity index (χ1n) is 8.96. The molecule has 1 saturated heterocycles. The number of benzene rings is 1. The highest BCUT2D eigenvalue weighted by atomic mass is 16.5. The van der Waals surface area contributed by atoms with Gasteiger partial charge in [-0.3, -0.25) is 4.79 Å². The Balaban J connectivity index is 1.82. The van der Waals surface area contributed by atoms with Crippen LogP contribution in [0.15, 0.2) is 18.2 Å². The lowest BCUT2D eigenvalue weighted by Crippen LogP contribution is -2.38. The first-order valence-corrected chi connectivity index (χ1v) is 8.96. The molecule has 0 spiro atoms. The van der Waals surface area contributed by atoms with Crippen molar-refractivity contribution in [2.24, 2.45) is 0 Å². The van der Waals surface area contributed by atoms with Crippen LogP contribution >= 0.6 is 0 Å². The highest BCUT2D eigenvalue weighted by Gasteiger charge is 2.21. The third-order valence-corrected chi connectivity index (χ3v) is 4.44. The SMILES string of the molecule is COc1ccc(OC)c(C(O)CNC(=O)C(C)OCC2CCCCO2)c1. The van der Waals surface area contributed by atoms with Crippen LogP contribution in [0.2, 0.25) is 0 Å². The molecule has 0 bridgehead atoms. The summed E-state index contributed by atoms with van der Waals surface area (Å²) in [5.41, 5.74) is 0.552. The van der Waals surface area contributed by atoms with Gasteiger partial charge in [-0.2, -0.15) is 0 Å². The molecule has 0 radical (unpaired) electrons. The van der Waals surface area contributed by atoms with Crippen molar-refractivity contribution in [3.8, 4) is 11.5 Å². The smallest absolute Gasteiger partial charge is 0.248 e. The highest BCUT2D eigenvalue weighted by molar-refractivity contribution is 5.80. The largest absolute Gasteiger partial charge is 0.497 e. The molecule has 26 heavy (non-hydrogen) atoms. The fourth-order valence-electron chi connectivity index (χ4n) is 2.82. The molecule has 0 saturated carbocycles. The van der Waals surface area contributed by atoms with Crippen LogP contribution in [0.25, 0.3) is 0 Å². The fourth-order valence-corrected chi connectivity index (χ4v) is 2.82. The Morgan fingerprint density at radius 1 is 1.35 bits per heavy atom. The monoisotopic (exact) mass is 367 g/mol. The van der Waals surface area contributed by atoms with Gasteiger partial charge in [0.1, 0.15) is 17.6 Å². The number of aliphatic hydroxyl groups is 1. The fraction of sp³-hybridized carbons (Fsp3) is 0.632. The van der Waals surface area contributed by atoms with Gasteiger partial charge in [0, 0.05) is 18.7 Å². The van der Waals surface area contributed by atoms with Crippen molar-refractivity contribution in [2.45, 2.75) is 44.5 Å². The Labute approximate surface area is 154 Å². The zero-order chi connectivity index (χ0) is 18.9. The van der Waals surface area contributed by atoms with Gasteiger partial charge in [0.25, 0.3) is 0 Å². The van der Waals surface area contributed by atoms with Gasteiger partial charge < -0.3 is 29.4 Å². The van der Waals surface area contributed by atoms with E-state index in [4.69, 9.17) is 18.9 Å². The minimum absolute atomic E-state index is 0.0516. The zero-order valence-electron chi connectivity index (χ0n) is 15.7. The second kappa shape index (κ2) is 10.4. The molecule has 3 unspecified atom stereocenters. The number of ether oxygens (including phenoxy) is 4. The highest BCUT2D eigenvalue weighted by Crippen LogP contribution is 2.29. The average molecular weight is 367 g/mol. The number of nitrogens with one attached hydrogen (secondary N) is 1. The number of aliphatic hydroxyl groups excluding tert-OH is 1. The van der Waals surface area contributed by atoms with Gasteiger partial charge in [-0.25, -0.2) is 0 Å². The number of hydrogen-bond donors (Lipinski definition) is 2. The van der Waals surface area contributed by atoms with E-state index in [0.29, 0.717) is 23.7 Å². The second-order valence-electron chi connectivity index (χ2n) is 6.33. The van der Waals surface area contributed by atoms with Crippen molar-refractivity contribution in [2.75, 3.05) is 34.0 Å². The lowest BCUT2D eigenvalue weighted by Gasteiger charge is -2.24. The number of methoxy groups -OCH3 is 2. The lowest BCUT2D eigenvalue weighted by molar-refractivity contribution is -0.136. The molecule has 2 rings (SSSR count). The number of carbonyl (C=O) groups is 1. The average Bonchev–Trinajstić information content (AvgIpc) is 2.70. The van der Waals surface area contributed by atoms with E-state index in [1.807, 2.05) is 0 Å². The van der Waals surface area contributed by atoms with Crippen LogP contribution in [0.4, 0.5) is 0 Å². The number of carbonyl (C=O) groups excluding carboxylic acids is 1. The van der Waals surface area contributed by atoms with E-state index in [1.54, 1.807) is 32.2 Å². The van der Waals surface area contributed by atoms with Crippen LogP contribution in [-0.2, 0) is 14.3 Å². The van der Waals surface area contributed by atoms with E-state index >= 15 is 0 Å². The van der Waals surface area contributed by atoms with Gasteiger partial charge in [0.15, 0.2) is 0 Å². The molecule has 3 atom stereocenters. The van der Waals surface area contributed by atoms with Crippen molar-refractivity contribution in [3.05, 3.63) is 23.8 Å². The van der Waals surface area contributed by atoms with E-state index in [0.717, 1.165) is 25.9 Å². The van der Waals surface area contributed by atoms with Crippen molar-refractivity contribution in [3.63, 3.8) is 0 Å². The van der Waals surface area contributed by atoms with Crippen molar-refractivity contribution in [1.82, 2.24) is 5.32 Å². The maximum Gasteiger partial charge on any atom is 0.248 e. The molecule has 1 heterocycles. The molecule has 1 aliphatic heterocycles. The molecule has 146 valence electrons. The van der Waals surface area contributed by atoms with Crippen LogP contribution in [0, 0.1) is 0 Å². The lowest BCUT2D eigenvalue weighted by atomic mass is 10.1. The van der Waals surface area contributed by atoms with Gasteiger partial charge in [0.2, 0.25) is 5.91 Å². The summed E-state index contributed by atoms with van der Waals surface area (Å²) >= 11 is 0. The van der Waals surface area contributed by atoms with Crippen LogP contribution in [-0.4, -0.2) is 57.2 Å². The molecule has 7 nitrogen and oxygen atoms in total. The minimum atomic E-state index is -0.919. The van der Waals surface area contributed by atoms with Gasteiger partial charge in [0.05, 0.1) is 33.0 Å². The predicted molar refractivity (Wildman–Crippen MR) is 96.5 cm³/mol. The van der Waals surface area contributed by atoms with Crippen molar-refractivity contribution in [1.29, 1.82) is 0 Å². The van der Waals surface area contributed by atoms with E-state index in [2.05, 4.69) is 5.32 Å². The van der Waals surface area contributed by atoms with Crippen LogP contribution in [0.3, 0.4) is 0 Å². The Kier molecular flexibility index (Phi) is 8.15. The maximum atomic E-state index is 12.2. The molecular formula is C19H29NO6. The molecule has 1 aliphatic rings. The molecule has 2 N–H and O–H groups in total. The topological polar surface area (TPSA) is 86.2 Å². The zero-order valence-corrected chi connectivity index (χ0v) is 15.7. The summed E-state index contributed by atoms with van der Waals surface area (Å²) in [6.45, 7) is 2.90. The summed E-state index contributed by atoms with van der Waals surface area (Å²) in [6.07, 6.45) is 1.70. The van der Waals surface area contributed by atoms with Crippen LogP contribution in [0.5, 0.6) is 11.5 Å². The summed E-state index contributed by atoms with van der Waals surface area (Å²) in [7, 11) is 3.08. The molecule has 7 heteroatoms. The second-order valence-corrected chi connectivity index (χ2v) is 6.33. The molecular weight excluding hydrogens is 338 g/mol. The normalized spacial score (nSPS) is 19.5. The van der Waals surface area contributed by atoms with Gasteiger partial charge in [-0.05, 0) is 44.4 Å². The Bertz CT molecular complexity index is 573.